The van der Waals surface area contributed by atoms with Crippen LogP contribution in [0, 0.1) is 5.82 Å². The summed E-state index contributed by atoms with van der Waals surface area (Å²) in [6, 6.07) is 12.7. The van der Waals surface area contributed by atoms with E-state index in [2.05, 4.69) is 5.32 Å². The third-order valence-electron chi connectivity index (χ3n) is 6.60. The molecule has 0 radical (unpaired) electrons. The number of fused-ring (bicyclic) bond motifs is 1. The lowest BCUT2D eigenvalue weighted by atomic mass is 10.1. The molecule has 4 rings (SSSR count). The number of sulfonamides is 1. The first kappa shape index (κ1) is 31.4. The molecule has 1 aliphatic heterocycles. The summed E-state index contributed by atoms with van der Waals surface area (Å²) in [7, 11) is -4.40. The SMILES string of the molecule is CCCNC(=O)C(C)N(Cc1c(Cl)cccc1Cl)C(=O)CN(c1ccc(F)cc1)S(=O)(=O)c1ccc2c(c1)OCCO2. The summed E-state index contributed by atoms with van der Waals surface area (Å²) in [5, 5.41) is 3.32. The highest BCUT2D eigenvalue weighted by molar-refractivity contribution is 7.92. The second-order valence-corrected chi connectivity index (χ2v) is 12.2. The molecule has 0 saturated carbocycles. The molecule has 1 atom stereocenters. The Morgan fingerprint density at radius 1 is 1.00 bits per heavy atom. The Hall–Kier alpha value is -3.54. The molecular formula is C29H30Cl2FN3O6S. The Labute approximate surface area is 254 Å². The van der Waals surface area contributed by atoms with E-state index >= 15 is 0 Å². The summed E-state index contributed by atoms with van der Waals surface area (Å²) in [5.74, 6) is -1.10. The second kappa shape index (κ2) is 13.6. The van der Waals surface area contributed by atoms with Crippen molar-refractivity contribution in [1.82, 2.24) is 10.2 Å². The van der Waals surface area contributed by atoms with Crippen LogP contribution in [0.15, 0.2) is 65.6 Å². The van der Waals surface area contributed by atoms with Crippen molar-refractivity contribution in [3.63, 3.8) is 0 Å². The average molecular weight is 639 g/mol. The first-order valence-corrected chi connectivity index (χ1v) is 15.4. The van der Waals surface area contributed by atoms with Crippen LogP contribution in [0.5, 0.6) is 11.5 Å². The zero-order valence-electron chi connectivity index (χ0n) is 23.0. The van der Waals surface area contributed by atoms with Crippen LogP contribution in [0.25, 0.3) is 0 Å². The summed E-state index contributed by atoms with van der Waals surface area (Å²) in [6.07, 6.45) is 0.675. The maximum atomic E-state index is 14.0. The number of benzene rings is 3. The normalized spacial score (nSPS) is 13.3. The lowest BCUT2D eigenvalue weighted by Crippen LogP contribution is -2.51. The van der Waals surface area contributed by atoms with E-state index in [1.165, 1.54) is 42.2 Å². The molecule has 0 fully saturated rings. The van der Waals surface area contributed by atoms with Crippen molar-refractivity contribution in [2.75, 3.05) is 30.6 Å². The molecule has 42 heavy (non-hydrogen) atoms. The van der Waals surface area contributed by atoms with Crippen LogP contribution in [0.2, 0.25) is 10.0 Å². The largest absolute Gasteiger partial charge is 0.486 e. The highest BCUT2D eigenvalue weighted by atomic mass is 35.5. The van der Waals surface area contributed by atoms with Crippen LogP contribution in [0.3, 0.4) is 0 Å². The van der Waals surface area contributed by atoms with E-state index in [1.54, 1.807) is 18.2 Å². The Morgan fingerprint density at radius 3 is 2.29 bits per heavy atom. The number of amides is 2. The van der Waals surface area contributed by atoms with Gasteiger partial charge in [-0.1, -0.05) is 36.2 Å². The van der Waals surface area contributed by atoms with Crippen LogP contribution in [0.1, 0.15) is 25.8 Å². The molecule has 1 aliphatic rings. The zero-order valence-corrected chi connectivity index (χ0v) is 25.3. The average Bonchev–Trinajstić information content (AvgIpc) is 2.98. The van der Waals surface area contributed by atoms with E-state index in [1.807, 2.05) is 6.92 Å². The fraction of sp³-hybridized carbons (Fsp3) is 0.310. The van der Waals surface area contributed by atoms with Gasteiger partial charge < -0.3 is 19.7 Å². The van der Waals surface area contributed by atoms with Gasteiger partial charge in [0.1, 0.15) is 31.6 Å². The van der Waals surface area contributed by atoms with Crippen molar-refractivity contribution in [2.24, 2.45) is 0 Å². The molecule has 0 spiro atoms. The predicted octanol–water partition coefficient (Wildman–Crippen LogP) is 5.04. The van der Waals surface area contributed by atoms with E-state index in [4.69, 9.17) is 32.7 Å². The molecule has 3 aromatic rings. The lowest BCUT2D eigenvalue weighted by Gasteiger charge is -2.32. The van der Waals surface area contributed by atoms with Gasteiger partial charge in [-0.15, -0.1) is 0 Å². The third kappa shape index (κ3) is 7.08. The molecule has 0 aliphatic carbocycles. The van der Waals surface area contributed by atoms with Gasteiger partial charge in [-0.3, -0.25) is 13.9 Å². The Morgan fingerprint density at radius 2 is 1.64 bits per heavy atom. The smallest absolute Gasteiger partial charge is 0.264 e. The van der Waals surface area contributed by atoms with E-state index in [-0.39, 0.29) is 39.5 Å². The van der Waals surface area contributed by atoms with Crippen molar-refractivity contribution in [2.45, 2.75) is 37.8 Å². The van der Waals surface area contributed by atoms with Gasteiger partial charge in [0.25, 0.3) is 10.0 Å². The Bertz CT molecular complexity index is 1540. The zero-order chi connectivity index (χ0) is 30.4. The third-order valence-corrected chi connectivity index (χ3v) is 9.08. The molecule has 224 valence electrons. The molecule has 9 nitrogen and oxygen atoms in total. The number of rotatable bonds is 11. The van der Waals surface area contributed by atoms with Gasteiger partial charge in [0.15, 0.2) is 11.5 Å². The molecular weight excluding hydrogens is 608 g/mol. The number of halogens is 3. The van der Waals surface area contributed by atoms with Crippen LogP contribution in [-0.2, 0) is 26.2 Å². The number of carbonyl (C=O) groups excluding carboxylic acids is 2. The molecule has 1 unspecified atom stereocenters. The van der Waals surface area contributed by atoms with Gasteiger partial charge in [0.05, 0.1) is 10.6 Å². The second-order valence-electron chi connectivity index (χ2n) is 9.48. The fourth-order valence-electron chi connectivity index (χ4n) is 4.28. The van der Waals surface area contributed by atoms with Gasteiger partial charge in [0.2, 0.25) is 11.8 Å². The van der Waals surface area contributed by atoms with E-state index < -0.39 is 40.2 Å². The van der Waals surface area contributed by atoms with Crippen LogP contribution < -0.4 is 19.1 Å². The summed E-state index contributed by atoms with van der Waals surface area (Å²) >= 11 is 12.8. The number of hydrogen-bond donors (Lipinski definition) is 1. The van der Waals surface area contributed by atoms with Gasteiger partial charge in [0, 0.05) is 34.8 Å². The van der Waals surface area contributed by atoms with Crippen molar-refractivity contribution in [1.29, 1.82) is 0 Å². The Balaban J connectivity index is 1.74. The number of nitrogens with zero attached hydrogens (tertiary/aromatic N) is 2. The maximum absolute atomic E-state index is 14.0. The number of nitrogens with one attached hydrogen (secondary N) is 1. The van der Waals surface area contributed by atoms with Crippen molar-refractivity contribution >= 4 is 50.7 Å². The molecule has 1 N–H and O–H groups in total. The van der Waals surface area contributed by atoms with Crippen molar-refractivity contribution < 1.29 is 31.9 Å². The van der Waals surface area contributed by atoms with E-state index in [0.29, 0.717) is 30.9 Å². The summed E-state index contributed by atoms with van der Waals surface area (Å²) in [6.45, 7) is 3.50. The van der Waals surface area contributed by atoms with Crippen LogP contribution >= 0.6 is 23.2 Å². The lowest BCUT2D eigenvalue weighted by molar-refractivity contribution is -0.139. The quantitative estimate of drug-likeness (QED) is 0.316. The molecule has 1 heterocycles. The highest BCUT2D eigenvalue weighted by Gasteiger charge is 2.33. The minimum Gasteiger partial charge on any atom is -0.486 e. The molecule has 13 heteroatoms. The van der Waals surface area contributed by atoms with E-state index in [9.17, 15) is 22.4 Å². The summed E-state index contributed by atoms with van der Waals surface area (Å²) < 4.78 is 53.8. The molecule has 0 aromatic heterocycles. The number of anilines is 1. The van der Waals surface area contributed by atoms with Gasteiger partial charge in [-0.25, -0.2) is 12.8 Å². The molecule has 0 saturated heterocycles. The highest BCUT2D eigenvalue weighted by Crippen LogP contribution is 2.34. The topological polar surface area (TPSA) is 105 Å². The van der Waals surface area contributed by atoms with Gasteiger partial charge in [-0.05, 0) is 61.9 Å². The monoisotopic (exact) mass is 637 g/mol. The number of hydrogen-bond acceptors (Lipinski definition) is 6. The number of ether oxygens (including phenoxy) is 2. The molecule has 2 amide bonds. The van der Waals surface area contributed by atoms with Gasteiger partial charge in [-0.2, -0.15) is 0 Å². The standard InChI is InChI=1S/C29H30Cl2FN3O6S/c1-3-13-33-29(37)19(2)34(17-23-24(30)5-4-6-25(23)31)28(36)18-35(21-9-7-20(32)8-10-21)42(38,39)22-11-12-26-27(16-22)41-15-14-40-26/h4-12,16,19H,3,13-15,17-18H2,1-2H3,(H,33,37). The summed E-state index contributed by atoms with van der Waals surface area (Å²) in [5.41, 5.74) is 0.436. The maximum Gasteiger partial charge on any atom is 0.264 e. The number of carbonyl (C=O) groups is 2. The van der Waals surface area contributed by atoms with Crippen LogP contribution in [0.4, 0.5) is 10.1 Å². The van der Waals surface area contributed by atoms with Crippen molar-refractivity contribution in [3.05, 3.63) is 82.1 Å². The van der Waals surface area contributed by atoms with Crippen molar-refractivity contribution in [3.8, 4) is 11.5 Å². The first-order chi connectivity index (χ1) is 20.0. The summed E-state index contributed by atoms with van der Waals surface area (Å²) in [4.78, 5) is 28.0. The molecule has 3 aromatic carbocycles. The minimum absolute atomic E-state index is 0.0402. The predicted molar refractivity (Wildman–Crippen MR) is 158 cm³/mol. The first-order valence-electron chi connectivity index (χ1n) is 13.2. The van der Waals surface area contributed by atoms with Gasteiger partial charge >= 0.3 is 0 Å². The fourth-order valence-corrected chi connectivity index (χ4v) is 6.23. The minimum atomic E-state index is -4.40. The van der Waals surface area contributed by atoms with Crippen LogP contribution in [-0.4, -0.2) is 57.5 Å². The Kier molecular flexibility index (Phi) is 10.2. The molecule has 0 bridgehead atoms. The van der Waals surface area contributed by atoms with E-state index in [0.717, 1.165) is 16.4 Å².